The molecule has 0 aliphatic carbocycles. The second kappa shape index (κ2) is 10.7. The molecule has 1 aromatic carbocycles. The first-order chi connectivity index (χ1) is 15.7. The molecule has 1 amide bonds. The number of benzene rings is 1. The maximum absolute atomic E-state index is 12.9. The Morgan fingerprint density at radius 2 is 1.70 bits per heavy atom. The van der Waals surface area contributed by atoms with Crippen LogP contribution in [0, 0.1) is 39.0 Å². The Morgan fingerprint density at radius 1 is 1.06 bits per heavy atom. The monoisotopic (exact) mass is 466 g/mol. The van der Waals surface area contributed by atoms with E-state index in [2.05, 4.69) is 16.3 Å². The number of hydrogen-bond acceptors (Lipinski definition) is 4. The summed E-state index contributed by atoms with van der Waals surface area (Å²) in [5, 5.41) is 18.8. The van der Waals surface area contributed by atoms with Crippen LogP contribution in [0.15, 0.2) is 24.3 Å². The lowest BCUT2D eigenvalue weighted by molar-refractivity contribution is -0.130. The number of nitriles is 1. The molecule has 0 aliphatic rings. The number of nitrogens with zero attached hydrogens (tertiary/aromatic N) is 6. The van der Waals surface area contributed by atoms with E-state index in [-0.39, 0.29) is 5.91 Å². The van der Waals surface area contributed by atoms with Crippen LogP contribution in [0.25, 0.3) is 0 Å². The first-order valence-electron chi connectivity index (χ1n) is 11.1. The minimum atomic E-state index is 0.0798. The minimum absolute atomic E-state index is 0.0798. The summed E-state index contributed by atoms with van der Waals surface area (Å²) in [6.45, 7) is 9.66. The zero-order valence-corrected chi connectivity index (χ0v) is 20.8. The molecule has 0 saturated heterocycles. The Labute approximate surface area is 200 Å². The van der Waals surface area contributed by atoms with E-state index in [1.54, 1.807) is 4.90 Å². The molecule has 2 heterocycles. The molecule has 0 aliphatic heterocycles. The zero-order chi connectivity index (χ0) is 24.1. The fourth-order valence-electron chi connectivity index (χ4n) is 4.12. The van der Waals surface area contributed by atoms with Crippen molar-refractivity contribution in [2.75, 3.05) is 7.05 Å². The molecule has 3 aromatic rings. The molecule has 8 heteroatoms. The highest BCUT2D eigenvalue weighted by Crippen LogP contribution is 2.21. The van der Waals surface area contributed by atoms with Gasteiger partial charge >= 0.3 is 0 Å². The number of aryl methyl sites for hydroxylation is 3. The van der Waals surface area contributed by atoms with Crippen LogP contribution in [0.4, 0.5) is 0 Å². The van der Waals surface area contributed by atoms with Gasteiger partial charge in [0.15, 0.2) is 0 Å². The Kier molecular flexibility index (Phi) is 7.93. The maximum Gasteiger partial charge on any atom is 0.222 e. The molecule has 0 fully saturated rings. The lowest BCUT2D eigenvalue weighted by atomic mass is 10.1. The predicted octanol–water partition coefficient (Wildman–Crippen LogP) is 4.52. The van der Waals surface area contributed by atoms with Gasteiger partial charge in [-0.2, -0.15) is 15.5 Å². The van der Waals surface area contributed by atoms with E-state index >= 15 is 0 Å². The number of hydrogen-bond donors (Lipinski definition) is 0. The van der Waals surface area contributed by atoms with Crippen molar-refractivity contribution in [3.05, 3.63) is 68.8 Å². The summed E-state index contributed by atoms with van der Waals surface area (Å²) in [6, 6.07) is 9.92. The van der Waals surface area contributed by atoms with Gasteiger partial charge in [-0.3, -0.25) is 14.2 Å². The normalized spacial score (nSPS) is 10.9. The van der Waals surface area contributed by atoms with Crippen LogP contribution in [0.5, 0.6) is 0 Å². The van der Waals surface area contributed by atoms with E-state index in [0.717, 1.165) is 44.5 Å². The minimum Gasteiger partial charge on any atom is -0.341 e. The van der Waals surface area contributed by atoms with Crippen LogP contribution in [-0.4, -0.2) is 37.4 Å². The van der Waals surface area contributed by atoms with Gasteiger partial charge in [0.25, 0.3) is 0 Å². The van der Waals surface area contributed by atoms with Gasteiger partial charge in [0, 0.05) is 42.0 Å². The number of carbonyl (C=O) groups is 1. The Morgan fingerprint density at radius 3 is 2.39 bits per heavy atom. The molecule has 174 valence electrons. The second-order valence-corrected chi connectivity index (χ2v) is 8.84. The smallest absolute Gasteiger partial charge is 0.222 e. The van der Waals surface area contributed by atoms with Gasteiger partial charge in [-0.1, -0.05) is 29.8 Å². The zero-order valence-electron chi connectivity index (χ0n) is 20.0. The lowest BCUT2D eigenvalue weighted by Gasteiger charge is -2.18. The lowest BCUT2D eigenvalue weighted by Crippen LogP contribution is -2.27. The second-order valence-electron chi connectivity index (χ2n) is 8.43. The Bertz CT molecular complexity index is 1190. The van der Waals surface area contributed by atoms with E-state index in [0.29, 0.717) is 38.9 Å². The van der Waals surface area contributed by atoms with Crippen molar-refractivity contribution >= 4 is 17.5 Å². The number of aromatic nitrogens is 4. The van der Waals surface area contributed by atoms with Gasteiger partial charge in [0.2, 0.25) is 5.91 Å². The quantitative estimate of drug-likeness (QED) is 0.464. The predicted molar refractivity (Wildman–Crippen MR) is 129 cm³/mol. The van der Waals surface area contributed by atoms with E-state index in [1.807, 2.05) is 68.4 Å². The topological polar surface area (TPSA) is 79.7 Å². The number of amides is 1. The van der Waals surface area contributed by atoms with Crippen LogP contribution < -0.4 is 0 Å². The van der Waals surface area contributed by atoms with Gasteiger partial charge in [0.05, 0.1) is 37.0 Å². The molecule has 0 unspecified atom stereocenters. The van der Waals surface area contributed by atoms with Gasteiger partial charge in [0.1, 0.15) is 0 Å². The van der Waals surface area contributed by atoms with Gasteiger partial charge in [-0.25, -0.2) is 0 Å². The fourth-order valence-corrected chi connectivity index (χ4v) is 4.32. The molecular formula is C25H31ClN6O. The van der Waals surface area contributed by atoms with Crippen LogP contribution in [0.3, 0.4) is 0 Å². The number of halogens is 1. The molecule has 0 spiro atoms. The highest BCUT2D eigenvalue weighted by Gasteiger charge is 2.19. The van der Waals surface area contributed by atoms with E-state index in [1.165, 1.54) is 0 Å². The van der Waals surface area contributed by atoms with Crippen molar-refractivity contribution in [3.8, 4) is 6.07 Å². The summed E-state index contributed by atoms with van der Waals surface area (Å²) in [7, 11) is 1.84. The first kappa shape index (κ1) is 24.5. The van der Waals surface area contributed by atoms with Gasteiger partial charge in [-0.05, 0) is 51.3 Å². The van der Waals surface area contributed by atoms with E-state index in [9.17, 15) is 4.79 Å². The van der Waals surface area contributed by atoms with Crippen molar-refractivity contribution in [2.24, 2.45) is 0 Å². The third kappa shape index (κ3) is 5.63. The first-order valence-corrected chi connectivity index (χ1v) is 11.5. The van der Waals surface area contributed by atoms with E-state index in [4.69, 9.17) is 16.9 Å². The van der Waals surface area contributed by atoms with Crippen molar-refractivity contribution < 1.29 is 4.79 Å². The molecule has 7 nitrogen and oxygen atoms in total. The van der Waals surface area contributed by atoms with Gasteiger partial charge in [-0.15, -0.1) is 0 Å². The fraction of sp³-hybridized carbons (Fsp3) is 0.440. The summed E-state index contributed by atoms with van der Waals surface area (Å²) in [5.41, 5.74) is 7.09. The van der Waals surface area contributed by atoms with Crippen LogP contribution in [0.2, 0.25) is 5.02 Å². The molecule has 2 aromatic heterocycles. The molecule has 0 N–H and O–H groups in total. The summed E-state index contributed by atoms with van der Waals surface area (Å²) in [5.74, 6) is 0.0798. The number of carbonyl (C=O) groups excluding carboxylic acids is 1. The standard InChI is InChI=1S/C25H31ClN6O/c1-17-22(19(3)31(28-17)14-8-13-27)11-12-25(33)30(5)16-23-18(2)29-32(20(23)4)15-21-9-6-7-10-24(21)26/h6-7,9-10H,8,11-12,14-16H2,1-5H3. The van der Waals surface area contributed by atoms with Crippen LogP contribution in [0.1, 0.15) is 52.3 Å². The van der Waals surface area contributed by atoms with E-state index < -0.39 is 0 Å². The summed E-state index contributed by atoms with van der Waals surface area (Å²) >= 11 is 6.32. The largest absolute Gasteiger partial charge is 0.341 e. The molecule has 0 atom stereocenters. The van der Waals surface area contributed by atoms with Crippen molar-refractivity contribution in [1.82, 2.24) is 24.5 Å². The highest BCUT2D eigenvalue weighted by atomic mass is 35.5. The third-order valence-corrected chi connectivity index (χ3v) is 6.55. The molecule has 0 radical (unpaired) electrons. The van der Waals surface area contributed by atoms with Crippen LogP contribution >= 0.6 is 11.6 Å². The average Bonchev–Trinajstić information content (AvgIpc) is 3.20. The summed E-state index contributed by atoms with van der Waals surface area (Å²) < 4.78 is 3.81. The highest BCUT2D eigenvalue weighted by molar-refractivity contribution is 6.31. The molecule has 0 saturated carbocycles. The number of rotatable bonds is 9. The third-order valence-electron chi connectivity index (χ3n) is 6.19. The summed E-state index contributed by atoms with van der Waals surface area (Å²) in [6.07, 6.45) is 1.47. The Hall–Kier alpha value is -3.11. The summed E-state index contributed by atoms with van der Waals surface area (Å²) in [4.78, 5) is 14.7. The van der Waals surface area contributed by atoms with Crippen molar-refractivity contribution in [3.63, 3.8) is 0 Å². The SMILES string of the molecule is Cc1nn(CCC#N)c(C)c1CCC(=O)N(C)Cc1c(C)nn(Cc2ccccc2Cl)c1C. The Balaban J connectivity index is 1.65. The average molecular weight is 467 g/mol. The van der Waals surface area contributed by atoms with Crippen molar-refractivity contribution in [2.45, 2.75) is 66.6 Å². The van der Waals surface area contributed by atoms with Crippen molar-refractivity contribution in [1.29, 1.82) is 5.26 Å². The molecular weight excluding hydrogens is 436 g/mol. The molecule has 33 heavy (non-hydrogen) atoms. The molecule has 0 bridgehead atoms. The maximum atomic E-state index is 12.9. The van der Waals surface area contributed by atoms with Gasteiger partial charge < -0.3 is 4.90 Å². The van der Waals surface area contributed by atoms with Crippen LogP contribution in [-0.2, 0) is 30.8 Å². The molecule has 3 rings (SSSR count).